The third kappa shape index (κ3) is 5.24. The topological polar surface area (TPSA) is 35.5 Å². The number of hydrogen-bond donors (Lipinski definition) is 0. The lowest BCUT2D eigenvalue weighted by Crippen LogP contribution is -2.35. The highest BCUT2D eigenvalue weighted by atomic mass is 28.4. The van der Waals surface area contributed by atoms with E-state index in [1.54, 1.807) is 0 Å². The Hall–Kier alpha value is -1.55. The second-order valence-corrected chi connectivity index (χ2v) is 10.3. The van der Waals surface area contributed by atoms with E-state index in [-0.39, 0.29) is 5.97 Å². The quantitative estimate of drug-likeness (QED) is 0.333. The maximum Gasteiger partial charge on any atom is 0.338 e. The molecule has 0 heterocycles. The van der Waals surface area contributed by atoms with Gasteiger partial charge in [0.2, 0.25) is 8.32 Å². The zero-order valence-electron chi connectivity index (χ0n) is 15.1. The molecule has 0 aliphatic rings. The number of ether oxygens (including phenoxy) is 1. The Bertz CT molecular complexity index is 508. The van der Waals surface area contributed by atoms with Crippen LogP contribution < -0.4 is 0 Å². The van der Waals surface area contributed by atoms with E-state index in [1.807, 2.05) is 31.2 Å². The predicted molar refractivity (Wildman–Crippen MR) is 98.9 cm³/mol. The predicted octanol–water partition coefficient (Wildman–Crippen LogP) is 5.64. The molecular formula is C19H30O3Si. The third-order valence-corrected chi connectivity index (χ3v) is 8.85. The lowest BCUT2D eigenvalue weighted by atomic mass is 10.1. The van der Waals surface area contributed by atoms with Gasteiger partial charge in [-0.25, -0.2) is 4.79 Å². The van der Waals surface area contributed by atoms with E-state index in [9.17, 15) is 4.79 Å². The van der Waals surface area contributed by atoms with Gasteiger partial charge in [-0.3, -0.25) is 0 Å². The van der Waals surface area contributed by atoms with Gasteiger partial charge < -0.3 is 9.16 Å². The lowest BCUT2D eigenvalue weighted by molar-refractivity contribution is 0.0526. The van der Waals surface area contributed by atoms with Crippen LogP contribution >= 0.6 is 0 Å². The van der Waals surface area contributed by atoms with Crippen molar-refractivity contribution in [3.05, 3.63) is 41.5 Å². The summed E-state index contributed by atoms with van der Waals surface area (Å²) in [6.07, 6.45) is 3.07. The van der Waals surface area contributed by atoms with Crippen LogP contribution in [-0.2, 0) is 9.16 Å². The van der Waals surface area contributed by atoms with Gasteiger partial charge in [0.25, 0.3) is 0 Å². The summed E-state index contributed by atoms with van der Waals surface area (Å²) in [6, 6.07) is 10.9. The van der Waals surface area contributed by atoms with Gasteiger partial charge in [-0.2, -0.15) is 0 Å². The molecule has 0 atom stereocenters. The molecule has 0 unspecified atom stereocenters. The van der Waals surface area contributed by atoms with E-state index >= 15 is 0 Å². The molecule has 4 heteroatoms. The van der Waals surface area contributed by atoms with Crippen molar-refractivity contribution in [2.45, 2.75) is 59.2 Å². The van der Waals surface area contributed by atoms with Gasteiger partial charge in [-0.05, 0) is 49.7 Å². The van der Waals surface area contributed by atoms with Crippen molar-refractivity contribution in [2.24, 2.45) is 0 Å². The van der Waals surface area contributed by atoms with E-state index < -0.39 is 8.32 Å². The van der Waals surface area contributed by atoms with E-state index in [0.29, 0.717) is 12.2 Å². The van der Waals surface area contributed by atoms with Crippen molar-refractivity contribution >= 4 is 20.0 Å². The molecule has 1 aromatic carbocycles. The van der Waals surface area contributed by atoms with Crippen LogP contribution in [0.5, 0.6) is 0 Å². The molecule has 0 spiro atoms. The molecule has 0 N–H and O–H groups in total. The van der Waals surface area contributed by atoms with Gasteiger partial charge >= 0.3 is 5.97 Å². The van der Waals surface area contributed by atoms with Crippen molar-refractivity contribution in [2.75, 3.05) is 6.61 Å². The fourth-order valence-corrected chi connectivity index (χ4v) is 5.19. The summed E-state index contributed by atoms with van der Waals surface area (Å²) in [5.74, 6) is 0.681. The van der Waals surface area contributed by atoms with Crippen LogP contribution in [0.15, 0.2) is 30.3 Å². The summed E-state index contributed by atoms with van der Waals surface area (Å²) in [4.78, 5) is 11.8. The highest BCUT2D eigenvalue weighted by molar-refractivity contribution is 6.74. The fourth-order valence-electron chi connectivity index (χ4n) is 2.59. The minimum Gasteiger partial charge on any atom is -0.543 e. The van der Waals surface area contributed by atoms with Crippen LogP contribution in [0.2, 0.25) is 18.1 Å². The van der Waals surface area contributed by atoms with Gasteiger partial charge in [0, 0.05) is 5.56 Å². The average Bonchev–Trinajstić information content (AvgIpc) is 2.59. The van der Waals surface area contributed by atoms with Crippen LogP contribution in [0.3, 0.4) is 0 Å². The summed E-state index contributed by atoms with van der Waals surface area (Å²) in [5, 5.41) is 0. The number of esters is 1. The summed E-state index contributed by atoms with van der Waals surface area (Å²) < 4.78 is 11.6. The highest BCUT2D eigenvalue weighted by Crippen LogP contribution is 2.29. The Kier molecular flexibility index (Phi) is 8.10. The smallest absolute Gasteiger partial charge is 0.338 e. The number of benzene rings is 1. The van der Waals surface area contributed by atoms with E-state index in [0.717, 1.165) is 35.9 Å². The Balaban J connectivity index is 3.03. The molecule has 1 rings (SSSR count). The molecule has 3 nitrogen and oxygen atoms in total. The average molecular weight is 335 g/mol. The van der Waals surface area contributed by atoms with E-state index in [4.69, 9.17) is 9.16 Å². The van der Waals surface area contributed by atoms with E-state index in [2.05, 4.69) is 33.8 Å². The van der Waals surface area contributed by atoms with Crippen LogP contribution in [0.1, 0.15) is 57.0 Å². The van der Waals surface area contributed by atoms with Gasteiger partial charge in [-0.1, -0.05) is 39.8 Å². The van der Waals surface area contributed by atoms with Gasteiger partial charge in [0.1, 0.15) is 5.76 Å². The highest BCUT2D eigenvalue weighted by Gasteiger charge is 2.31. The maximum absolute atomic E-state index is 11.8. The minimum absolute atomic E-state index is 0.277. The number of carbonyl (C=O) groups excluding carboxylic acids is 1. The van der Waals surface area contributed by atoms with Gasteiger partial charge in [-0.15, -0.1) is 0 Å². The number of carbonyl (C=O) groups is 1. The van der Waals surface area contributed by atoms with E-state index in [1.165, 1.54) is 0 Å². The molecule has 23 heavy (non-hydrogen) atoms. The molecule has 0 amide bonds. The van der Waals surface area contributed by atoms with Crippen LogP contribution in [-0.4, -0.2) is 20.9 Å². The number of rotatable bonds is 9. The molecule has 0 bridgehead atoms. The molecule has 0 aliphatic heterocycles. The summed E-state index contributed by atoms with van der Waals surface area (Å²) in [6.45, 7) is 11.0. The molecule has 1 aromatic rings. The largest absolute Gasteiger partial charge is 0.543 e. The summed E-state index contributed by atoms with van der Waals surface area (Å²) in [7, 11) is -1.71. The fraction of sp³-hybridized carbons (Fsp3) is 0.526. The van der Waals surface area contributed by atoms with Crippen molar-refractivity contribution in [1.82, 2.24) is 0 Å². The molecule has 0 aliphatic carbocycles. The summed E-state index contributed by atoms with van der Waals surface area (Å²) >= 11 is 0. The van der Waals surface area contributed by atoms with Crippen LogP contribution in [0.25, 0.3) is 5.76 Å². The minimum atomic E-state index is -1.71. The Morgan fingerprint density at radius 2 is 1.48 bits per heavy atom. The molecule has 0 radical (unpaired) electrons. The second kappa shape index (κ2) is 9.56. The first-order valence-electron chi connectivity index (χ1n) is 8.72. The van der Waals surface area contributed by atoms with Crippen molar-refractivity contribution in [3.8, 4) is 0 Å². The molecule has 0 aromatic heterocycles. The summed E-state index contributed by atoms with van der Waals surface area (Å²) in [5.41, 5.74) is 1.61. The normalized spacial score (nSPS) is 12.1. The van der Waals surface area contributed by atoms with Crippen molar-refractivity contribution in [1.29, 1.82) is 0 Å². The van der Waals surface area contributed by atoms with Gasteiger partial charge in [0.05, 0.1) is 12.2 Å². The SMILES string of the molecule is CC/C=C(\O[Si](CC)(CC)CC)c1ccc(C(=O)OCC)cc1. The monoisotopic (exact) mass is 334 g/mol. The standard InChI is InChI=1S/C19H30O3Si/c1-6-11-18(22-23(8-3,9-4)10-5)16-12-14-17(15-13-16)19(20)21-7-2/h11-15H,6-10H2,1-5H3/b18-11-. The molecule has 0 fully saturated rings. The number of allylic oxidation sites excluding steroid dienone is 1. The first-order chi connectivity index (χ1) is 11.1. The Labute approximate surface area is 141 Å². The van der Waals surface area contributed by atoms with Crippen molar-refractivity contribution in [3.63, 3.8) is 0 Å². The first-order valence-corrected chi connectivity index (χ1v) is 11.2. The zero-order valence-corrected chi connectivity index (χ0v) is 16.1. The number of hydrogen-bond acceptors (Lipinski definition) is 3. The van der Waals surface area contributed by atoms with Crippen LogP contribution in [0.4, 0.5) is 0 Å². The maximum atomic E-state index is 11.8. The zero-order chi connectivity index (χ0) is 17.3. The molecular weight excluding hydrogens is 304 g/mol. The Morgan fingerprint density at radius 3 is 1.91 bits per heavy atom. The third-order valence-electron chi connectivity index (χ3n) is 4.33. The molecule has 0 saturated carbocycles. The van der Waals surface area contributed by atoms with Crippen LogP contribution in [0, 0.1) is 0 Å². The first kappa shape index (κ1) is 19.5. The lowest BCUT2D eigenvalue weighted by Gasteiger charge is -2.30. The second-order valence-electron chi connectivity index (χ2n) is 5.62. The molecule has 0 saturated heterocycles. The Morgan fingerprint density at radius 1 is 0.957 bits per heavy atom. The van der Waals surface area contributed by atoms with Gasteiger partial charge in [0.15, 0.2) is 0 Å². The molecule has 128 valence electrons. The van der Waals surface area contributed by atoms with Crippen molar-refractivity contribution < 1.29 is 14.0 Å².